The van der Waals surface area contributed by atoms with Crippen molar-refractivity contribution in [3.8, 4) is 0 Å². The number of alkyl halides is 3. The van der Waals surface area contributed by atoms with Gasteiger partial charge in [0.2, 0.25) is 5.91 Å². The smallest absolute Gasteiger partial charge is 0.475 e. The second-order valence-corrected chi connectivity index (χ2v) is 16.4. The molecule has 0 spiro atoms. The van der Waals surface area contributed by atoms with Crippen LogP contribution in [0, 0.1) is 46.3 Å². The number of amides is 1. The fourth-order valence-electron chi connectivity index (χ4n) is 10.1. The summed E-state index contributed by atoms with van der Waals surface area (Å²) < 4.78 is 37.7. The van der Waals surface area contributed by atoms with Crippen LogP contribution in [0.2, 0.25) is 0 Å². The minimum absolute atomic E-state index is 0.0426. The molecule has 4 rings (SSSR count). The largest absolute Gasteiger partial charge is 0.490 e. The minimum atomic E-state index is -5.08. The van der Waals surface area contributed by atoms with Gasteiger partial charge in [-0.25, -0.2) is 4.79 Å². The van der Waals surface area contributed by atoms with E-state index >= 15 is 0 Å². The number of halogens is 3. The number of esters is 1. The van der Waals surface area contributed by atoms with Crippen LogP contribution in [0.15, 0.2) is 11.6 Å². The van der Waals surface area contributed by atoms with Crippen molar-refractivity contribution < 1.29 is 37.4 Å². The van der Waals surface area contributed by atoms with Crippen LogP contribution < -0.4 is 16.8 Å². The van der Waals surface area contributed by atoms with Crippen LogP contribution >= 0.6 is 0 Å². The van der Waals surface area contributed by atoms with Gasteiger partial charge in [0.1, 0.15) is 6.10 Å². The van der Waals surface area contributed by atoms with Crippen molar-refractivity contribution in [1.29, 1.82) is 0 Å². The van der Waals surface area contributed by atoms with E-state index in [0.717, 1.165) is 67.6 Å². The Kier molecular flexibility index (Phi) is 15.1. The maximum absolute atomic E-state index is 12.6. The van der Waals surface area contributed by atoms with Crippen molar-refractivity contribution in [3.05, 3.63) is 11.6 Å². The minimum Gasteiger partial charge on any atom is -0.475 e. The third kappa shape index (κ3) is 10.7. The highest BCUT2D eigenvalue weighted by Crippen LogP contribution is 2.67. The molecular weight excluding hydrogens is 635 g/mol. The summed E-state index contributed by atoms with van der Waals surface area (Å²) in [6.07, 6.45) is 13.8. The molecule has 0 aromatic carbocycles. The van der Waals surface area contributed by atoms with E-state index in [2.05, 4.69) is 46.0 Å². The number of fused-ring (bicyclic) bond motifs is 5. The lowest BCUT2D eigenvalue weighted by molar-refractivity contribution is -0.192. The number of unbranched alkanes of at least 4 members (excludes halogenated alkanes) is 1. The van der Waals surface area contributed by atoms with Gasteiger partial charge in [0.25, 0.3) is 0 Å². The lowest BCUT2D eigenvalue weighted by Gasteiger charge is -2.58. The number of nitrogens with two attached hydrogens (primary N) is 2. The van der Waals surface area contributed by atoms with Crippen LogP contribution in [0.1, 0.15) is 131 Å². The van der Waals surface area contributed by atoms with Crippen LogP contribution in [0.5, 0.6) is 0 Å². The molecule has 1 amide bonds. The van der Waals surface area contributed by atoms with Gasteiger partial charge in [-0.3, -0.25) is 9.59 Å². The Morgan fingerprint density at radius 3 is 2.33 bits per heavy atom. The summed E-state index contributed by atoms with van der Waals surface area (Å²) in [6, 6.07) is -0.545. The first-order valence-electron chi connectivity index (χ1n) is 18.9. The first kappa shape index (κ1) is 41.3. The van der Waals surface area contributed by atoms with Crippen LogP contribution in [-0.2, 0) is 19.1 Å². The molecular formula is C38H64F3N3O5. The summed E-state index contributed by atoms with van der Waals surface area (Å²) in [5, 5.41) is 9.92. The number of carbonyl (C=O) groups excluding carboxylic acids is 2. The van der Waals surface area contributed by atoms with Crippen LogP contribution in [0.4, 0.5) is 13.2 Å². The molecule has 4 aliphatic carbocycles. The second-order valence-electron chi connectivity index (χ2n) is 16.4. The highest BCUT2D eigenvalue weighted by molar-refractivity contribution is 5.82. The topological polar surface area (TPSA) is 145 Å². The van der Waals surface area contributed by atoms with Gasteiger partial charge in [0.05, 0.1) is 12.5 Å². The predicted octanol–water partition coefficient (Wildman–Crippen LogP) is 7.54. The number of nitrogens with one attached hydrogen (secondary N) is 1. The van der Waals surface area contributed by atoms with Gasteiger partial charge in [-0.2, -0.15) is 13.2 Å². The van der Waals surface area contributed by atoms with Gasteiger partial charge in [-0.15, -0.1) is 0 Å². The van der Waals surface area contributed by atoms with Crippen LogP contribution in [-0.4, -0.2) is 54.4 Å². The number of rotatable bonds is 14. The number of ether oxygens (including phenoxy) is 1. The average Bonchev–Trinajstić information content (AvgIpc) is 3.38. The predicted molar refractivity (Wildman–Crippen MR) is 185 cm³/mol. The number of allylic oxidation sites excluding steroid dienone is 1. The number of carboxylic acids is 1. The van der Waals surface area contributed by atoms with Crippen molar-refractivity contribution >= 4 is 17.8 Å². The molecule has 49 heavy (non-hydrogen) atoms. The summed E-state index contributed by atoms with van der Waals surface area (Å²) in [5.41, 5.74) is 13.8. The molecule has 5 unspecified atom stereocenters. The molecule has 6 N–H and O–H groups in total. The zero-order valence-electron chi connectivity index (χ0n) is 30.6. The summed E-state index contributed by atoms with van der Waals surface area (Å²) in [6.45, 7) is 13.3. The Bertz CT molecular complexity index is 1150. The average molecular weight is 700 g/mol. The summed E-state index contributed by atoms with van der Waals surface area (Å²) in [5.74, 6) is 1.82. The molecule has 0 heterocycles. The number of carboxylic acid groups (broad SMARTS) is 1. The van der Waals surface area contributed by atoms with Crippen LogP contribution in [0.25, 0.3) is 0 Å². The lowest BCUT2D eigenvalue weighted by Crippen LogP contribution is -2.51. The lowest BCUT2D eigenvalue weighted by atomic mass is 9.47. The van der Waals surface area contributed by atoms with Crippen molar-refractivity contribution in [2.75, 3.05) is 13.1 Å². The Morgan fingerprint density at radius 2 is 1.69 bits per heavy atom. The van der Waals surface area contributed by atoms with Crippen molar-refractivity contribution in [3.63, 3.8) is 0 Å². The fraction of sp³-hybridized carbons (Fsp3) is 0.868. The molecule has 11 heteroatoms. The molecule has 282 valence electrons. The summed E-state index contributed by atoms with van der Waals surface area (Å²) in [4.78, 5) is 33.7. The Labute approximate surface area is 292 Å². The number of hydrogen-bond acceptors (Lipinski definition) is 6. The highest BCUT2D eigenvalue weighted by atomic mass is 19.4. The third-order valence-electron chi connectivity index (χ3n) is 12.7. The Balaban J connectivity index is 0.000000838. The normalized spacial score (nSPS) is 32.0. The first-order chi connectivity index (χ1) is 22.9. The standard InChI is InChI=1S/C36H63N3O3.C2HF3O2/c1-24(2)9-8-10-25(3)29-14-15-30-28-13-12-26-23-27(16-19-35(26,4)31(28)17-20-36(29,30)5)42-33(40)18-22-39-34(41)32(38)11-6-7-21-37;3-2(4,5)1(6)7/h12,24-25,27-32H,6-11,13-23,37-38H2,1-5H3,(H,39,41);(H,6,7)/t25-,27?,28?,29-,30?,31?,32?,35+,36-;/m1./s1. The van der Waals surface area contributed by atoms with Gasteiger partial charge in [-0.1, -0.05) is 72.0 Å². The highest BCUT2D eigenvalue weighted by Gasteiger charge is 2.59. The first-order valence-corrected chi connectivity index (χ1v) is 18.9. The monoisotopic (exact) mass is 699 g/mol. The molecule has 0 aromatic heterocycles. The Hall–Kier alpha value is -2.14. The van der Waals surface area contributed by atoms with E-state index < -0.39 is 18.2 Å². The molecule has 0 bridgehead atoms. The maximum Gasteiger partial charge on any atom is 0.490 e. The molecule has 0 aromatic rings. The third-order valence-corrected chi connectivity index (χ3v) is 12.7. The van der Waals surface area contributed by atoms with E-state index in [0.29, 0.717) is 18.4 Å². The zero-order chi connectivity index (χ0) is 36.6. The molecule has 0 aliphatic heterocycles. The molecule has 8 nitrogen and oxygen atoms in total. The summed E-state index contributed by atoms with van der Waals surface area (Å²) >= 11 is 0. The molecule has 3 fully saturated rings. The number of carbonyl (C=O) groups is 3. The van der Waals surface area contributed by atoms with Crippen molar-refractivity contribution in [2.45, 2.75) is 149 Å². The molecule has 0 saturated heterocycles. The van der Waals surface area contributed by atoms with Crippen LogP contribution in [0.3, 0.4) is 0 Å². The molecule has 3 saturated carbocycles. The molecule has 4 aliphatic rings. The van der Waals surface area contributed by atoms with Crippen molar-refractivity contribution in [1.82, 2.24) is 5.32 Å². The number of hydrogen-bond donors (Lipinski definition) is 4. The zero-order valence-corrected chi connectivity index (χ0v) is 30.6. The maximum atomic E-state index is 12.6. The molecule has 0 radical (unpaired) electrons. The van der Waals surface area contributed by atoms with Gasteiger partial charge in [-0.05, 0) is 111 Å². The van der Waals surface area contributed by atoms with Gasteiger partial charge in [0, 0.05) is 13.0 Å². The van der Waals surface area contributed by atoms with E-state index in [1.165, 1.54) is 51.4 Å². The SMILES string of the molecule is CC(C)CCC[C@@H](C)[C@H]1CCC2C3CC=C4CC(OC(=O)CCNC(=O)C(N)CCCCN)CC[C@]4(C)C3CC[C@@]21C.O=C(O)C(F)(F)F. The van der Waals surface area contributed by atoms with Gasteiger partial charge >= 0.3 is 18.1 Å². The molecule has 9 atom stereocenters. The van der Waals surface area contributed by atoms with Crippen molar-refractivity contribution in [2.24, 2.45) is 57.8 Å². The number of aliphatic carboxylic acids is 1. The summed E-state index contributed by atoms with van der Waals surface area (Å²) in [7, 11) is 0. The fourth-order valence-corrected chi connectivity index (χ4v) is 10.1. The quantitative estimate of drug-likeness (QED) is 0.0833. The van der Waals surface area contributed by atoms with E-state index in [4.69, 9.17) is 26.1 Å². The van der Waals surface area contributed by atoms with Gasteiger partial charge in [0.15, 0.2) is 0 Å². The van der Waals surface area contributed by atoms with E-state index in [1.807, 2.05) is 0 Å². The van der Waals surface area contributed by atoms with E-state index in [1.54, 1.807) is 5.57 Å². The van der Waals surface area contributed by atoms with E-state index in [-0.39, 0.29) is 36.4 Å². The van der Waals surface area contributed by atoms with Gasteiger partial charge < -0.3 is 26.6 Å². The second kappa shape index (κ2) is 17.9. The Morgan fingerprint density at radius 1 is 1.00 bits per heavy atom. The van der Waals surface area contributed by atoms with E-state index in [9.17, 15) is 22.8 Å².